The van der Waals surface area contributed by atoms with Gasteiger partial charge in [0.1, 0.15) is 6.10 Å². The predicted octanol–water partition coefficient (Wildman–Crippen LogP) is 3.59. The van der Waals surface area contributed by atoms with Crippen LogP contribution in [0.1, 0.15) is 28.3 Å². The minimum Gasteiger partial charge on any atom is -0.457 e. The van der Waals surface area contributed by atoms with Crippen molar-refractivity contribution in [3.63, 3.8) is 0 Å². The Bertz CT molecular complexity index is 645. The Labute approximate surface area is 144 Å². The van der Waals surface area contributed by atoms with Crippen LogP contribution in [0, 0.1) is 3.57 Å². The first-order valence-electron chi connectivity index (χ1n) is 7.46. The molecule has 0 aromatic heterocycles. The fourth-order valence-corrected chi connectivity index (χ4v) is 3.40. The molecule has 2 aromatic carbocycles. The van der Waals surface area contributed by atoms with E-state index in [2.05, 4.69) is 40.0 Å². The van der Waals surface area contributed by atoms with E-state index in [-0.39, 0.29) is 18.0 Å². The second-order valence-electron chi connectivity index (χ2n) is 5.46. The molecule has 4 heteroatoms. The average Bonchev–Trinajstić information content (AvgIpc) is 2.56. The lowest BCUT2D eigenvalue weighted by atomic mass is 9.88. The van der Waals surface area contributed by atoms with Crippen LogP contribution in [0.25, 0.3) is 0 Å². The molecule has 1 fully saturated rings. The molecule has 22 heavy (non-hydrogen) atoms. The lowest BCUT2D eigenvalue weighted by molar-refractivity contribution is 0.0182. The highest BCUT2D eigenvalue weighted by molar-refractivity contribution is 14.1. The average molecular weight is 407 g/mol. The monoisotopic (exact) mass is 407 g/mol. The fraction of sp³-hybridized carbons (Fsp3) is 0.278. The summed E-state index contributed by atoms with van der Waals surface area (Å²) in [5, 5.41) is 3.32. The normalized spacial score (nSPS) is 21.3. The Morgan fingerprint density at radius 1 is 1.14 bits per heavy atom. The Hall–Kier alpha value is -1.40. The van der Waals surface area contributed by atoms with Gasteiger partial charge in [0.2, 0.25) is 0 Å². The minimum atomic E-state index is -0.242. The van der Waals surface area contributed by atoms with Crippen molar-refractivity contribution in [2.75, 3.05) is 13.1 Å². The Morgan fingerprint density at radius 2 is 1.95 bits per heavy atom. The lowest BCUT2D eigenvalue weighted by Gasteiger charge is -2.32. The van der Waals surface area contributed by atoms with Crippen LogP contribution in [-0.2, 0) is 4.74 Å². The summed E-state index contributed by atoms with van der Waals surface area (Å²) in [6.07, 6.45) is 0.857. The van der Waals surface area contributed by atoms with Crippen molar-refractivity contribution in [3.05, 3.63) is 69.3 Å². The van der Waals surface area contributed by atoms with Gasteiger partial charge in [-0.2, -0.15) is 0 Å². The zero-order valence-electron chi connectivity index (χ0n) is 12.2. The van der Waals surface area contributed by atoms with Gasteiger partial charge in [0.05, 0.1) is 5.56 Å². The molecule has 1 heterocycles. The number of hydrogen-bond acceptors (Lipinski definition) is 3. The molecular weight excluding hydrogens is 389 g/mol. The maximum absolute atomic E-state index is 12.4. The van der Waals surface area contributed by atoms with Crippen molar-refractivity contribution < 1.29 is 9.53 Å². The van der Waals surface area contributed by atoms with Crippen LogP contribution in [-0.4, -0.2) is 25.2 Å². The number of carbonyl (C=O) groups excluding carboxylic acids is 1. The third-order valence-electron chi connectivity index (χ3n) is 3.97. The molecule has 2 aromatic rings. The van der Waals surface area contributed by atoms with Gasteiger partial charge in [-0.1, -0.05) is 36.4 Å². The molecule has 0 bridgehead atoms. The number of hydrogen-bond donors (Lipinski definition) is 1. The van der Waals surface area contributed by atoms with Gasteiger partial charge in [0, 0.05) is 16.0 Å². The Morgan fingerprint density at radius 3 is 2.73 bits per heavy atom. The van der Waals surface area contributed by atoms with E-state index in [1.54, 1.807) is 6.07 Å². The fourth-order valence-electron chi connectivity index (χ4n) is 2.86. The van der Waals surface area contributed by atoms with Gasteiger partial charge in [-0.25, -0.2) is 4.79 Å². The number of piperidine rings is 1. The molecule has 0 amide bonds. The molecule has 1 saturated heterocycles. The van der Waals surface area contributed by atoms with E-state index in [1.807, 2.05) is 36.4 Å². The Kier molecular flexibility index (Phi) is 5.10. The van der Waals surface area contributed by atoms with Crippen molar-refractivity contribution in [1.29, 1.82) is 0 Å². The maximum Gasteiger partial charge on any atom is 0.338 e. The molecular formula is C18H18INO2. The first-order chi connectivity index (χ1) is 10.7. The van der Waals surface area contributed by atoms with Crippen LogP contribution in [0.2, 0.25) is 0 Å². The summed E-state index contributed by atoms with van der Waals surface area (Å²) >= 11 is 2.20. The van der Waals surface area contributed by atoms with Gasteiger partial charge in [-0.05, 0) is 59.3 Å². The highest BCUT2D eigenvalue weighted by atomic mass is 127. The summed E-state index contributed by atoms with van der Waals surface area (Å²) in [6.45, 7) is 1.66. The largest absolute Gasteiger partial charge is 0.457 e. The zero-order chi connectivity index (χ0) is 15.4. The second-order valence-corrected chi connectivity index (χ2v) is 6.71. The van der Waals surface area contributed by atoms with Crippen LogP contribution >= 0.6 is 22.6 Å². The van der Waals surface area contributed by atoms with Crippen molar-refractivity contribution in [3.8, 4) is 0 Å². The number of benzene rings is 2. The maximum atomic E-state index is 12.4. The molecule has 3 rings (SSSR count). The Balaban J connectivity index is 1.76. The quantitative estimate of drug-likeness (QED) is 0.625. The third kappa shape index (κ3) is 3.67. The van der Waals surface area contributed by atoms with Crippen molar-refractivity contribution in [2.24, 2.45) is 0 Å². The van der Waals surface area contributed by atoms with Crippen molar-refractivity contribution in [2.45, 2.75) is 18.4 Å². The molecule has 0 aliphatic carbocycles. The zero-order valence-corrected chi connectivity index (χ0v) is 14.3. The van der Waals surface area contributed by atoms with Gasteiger partial charge in [-0.3, -0.25) is 0 Å². The SMILES string of the molecule is O=C(O[C@@H]1CNCC[C@H]1c1ccccc1)c1cccc(I)c1. The topological polar surface area (TPSA) is 38.3 Å². The number of halogens is 1. The number of nitrogens with one attached hydrogen (secondary N) is 1. The highest BCUT2D eigenvalue weighted by Gasteiger charge is 2.29. The predicted molar refractivity (Wildman–Crippen MR) is 95.0 cm³/mol. The van der Waals surface area contributed by atoms with Crippen LogP contribution < -0.4 is 5.32 Å². The van der Waals surface area contributed by atoms with Crippen LogP contribution in [0.3, 0.4) is 0 Å². The molecule has 114 valence electrons. The first-order valence-corrected chi connectivity index (χ1v) is 8.54. The molecule has 3 nitrogen and oxygen atoms in total. The molecule has 0 radical (unpaired) electrons. The summed E-state index contributed by atoms with van der Waals surface area (Å²) in [7, 11) is 0. The summed E-state index contributed by atoms with van der Waals surface area (Å²) in [6, 6.07) is 17.8. The van der Waals surface area contributed by atoms with E-state index in [0.29, 0.717) is 12.1 Å². The summed E-state index contributed by atoms with van der Waals surface area (Å²) < 4.78 is 6.83. The van der Waals surface area contributed by atoms with E-state index in [4.69, 9.17) is 4.74 Å². The van der Waals surface area contributed by atoms with Crippen molar-refractivity contribution >= 4 is 28.6 Å². The molecule has 0 unspecified atom stereocenters. The van der Waals surface area contributed by atoms with E-state index in [1.165, 1.54) is 5.56 Å². The minimum absolute atomic E-state index is 0.124. The number of ether oxygens (including phenoxy) is 1. The molecule has 1 N–H and O–H groups in total. The summed E-state index contributed by atoms with van der Waals surface area (Å²) in [4.78, 5) is 12.4. The highest BCUT2D eigenvalue weighted by Crippen LogP contribution is 2.28. The number of carbonyl (C=O) groups is 1. The third-order valence-corrected chi connectivity index (χ3v) is 4.64. The standard InChI is InChI=1S/C18H18INO2/c19-15-8-4-7-14(11-15)18(21)22-17-12-20-10-9-16(17)13-5-2-1-3-6-13/h1-8,11,16-17,20H,9-10,12H2/t16-,17+/m0/s1. The molecule has 0 saturated carbocycles. The molecule has 1 aliphatic heterocycles. The van der Waals surface area contributed by atoms with Gasteiger partial charge < -0.3 is 10.1 Å². The lowest BCUT2D eigenvalue weighted by Crippen LogP contribution is -2.42. The number of rotatable bonds is 3. The molecule has 1 aliphatic rings. The van der Waals surface area contributed by atoms with Crippen molar-refractivity contribution in [1.82, 2.24) is 5.32 Å². The summed E-state index contributed by atoms with van der Waals surface area (Å²) in [5.41, 5.74) is 1.86. The molecule has 2 atom stereocenters. The smallest absolute Gasteiger partial charge is 0.338 e. The second kappa shape index (κ2) is 7.24. The van der Waals surface area contributed by atoms with Gasteiger partial charge in [0.15, 0.2) is 0 Å². The van der Waals surface area contributed by atoms with E-state index < -0.39 is 0 Å². The number of esters is 1. The van der Waals surface area contributed by atoms with E-state index in [0.717, 1.165) is 16.5 Å². The van der Waals surface area contributed by atoms with Crippen LogP contribution in [0.5, 0.6) is 0 Å². The first kappa shape index (κ1) is 15.5. The van der Waals surface area contributed by atoms with Crippen LogP contribution in [0.4, 0.5) is 0 Å². The van der Waals surface area contributed by atoms with Gasteiger partial charge >= 0.3 is 5.97 Å². The van der Waals surface area contributed by atoms with Gasteiger partial charge in [0.25, 0.3) is 0 Å². The summed E-state index contributed by atoms with van der Waals surface area (Å²) in [5.74, 6) is 0.0160. The van der Waals surface area contributed by atoms with Crippen LogP contribution in [0.15, 0.2) is 54.6 Å². The molecule has 0 spiro atoms. The van der Waals surface area contributed by atoms with E-state index in [9.17, 15) is 4.79 Å². The van der Waals surface area contributed by atoms with Gasteiger partial charge in [-0.15, -0.1) is 0 Å². The van der Waals surface area contributed by atoms with E-state index >= 15 is 0 Å².